The summed E-state index contributed by atoms with van der Waals surface area (Å²) in [5, 5.41) is 6.73. The predicted octanol–water partition coefficient (Wildman–Crippen LogP) is 1.71. The number of hydrogen-bond acceptors (Lipinski definition) is 7. The van der Waals surface area contributed by atoms with Gasteiger partial charge in [0, 0.05) is 6.92 Å². The molecule has 7 heteroatoms. The highest BCUT2D eigenvalue weighted by atomic mass is 16.5. The van der Waals surface area contributed by atoms with Gasteiger partial charge in [0.05, 0.1) is 12.2 Å². The quantitative estimate of drug-likeness (QED) is 0.677. The van der Waals surface area contributed by atoms with E-state index in [1.54, 1.807) is 13.0 Å². The second-order valence-corrected chi connectivity index (χ2v) is 3.80. The molecule has 2 aromatic heterocycles. The number of anilines is 2. The molecule has 0 fully saturated rings. The molecule has 0 atom stereocenters. The normalized spacial score (nSPS) is 10.9. The Hall–Kier alpha value is -2.57. The van der Waals surface area contributed by atoms with Gasteiger partial charge in [0.1, 0.15) is 5.52 Å². The van der Waals surface area contributed by atoms with Crippen molar-refractivity contribution in [1.82, 2.24) is 15.1 Å². The Bertz CT molecular complexity index is 688. The van der Waals surface area contributed by atoms with Crippen LogP contribution in [0.1, 0.15) is 11.7 Å². The van der Waals surface area contributed by atoms with Crippen molar-refractivity contribution in [2.45, 2.75) is 13.5 Å². The number of nitrogens with one attached hydrogen (secondary N) is 1. The number of benzene rings is 1. The van der Waals surface area contributed by atoms with Crippen LogP contribution in [0.3, 0.4) is 0 Å². The molecule has 3 rings (SSSR count). The first kappa shape index (κ1) is 10.6. The Morgan fingerprint density at radius 2 is 2.22 bits per heavy atom. The summed E-state index contributed by atoms with van der Waals surface area (Å²) < 4.78 is 10.3. The van der Waals surface area contributed by atoms with Gasteiger partial charge in [-0.15, -0.1) is 0 Å². The maximum Gasteiger partial charge on any atom is 0.296 e. The van der Waals surface area contributed by atoms with E-state index in [-0.39, 0.29) is 0 Å². The average molecular weight is 245 g/mol. The summed E-state index contributed by atoms with van der Waals surface area (Å²) in [5.74, 6) is 1.07. The van der Waals surface area contributed by atoms with Gasteiger partial charge >= 0.3 is 0 Å². The molecular weight excluding hydrogens is 234 g/mol. The highest BCUT2D eigenvalue weighted by Gasteiger charge is 2.09. The van der Waals surface area contributed by atoms with E-state index in [4.69, 9.17) is 14.7 Å². The SMILES string of the molecule is Cc1nc(CNc2nc3c(N)cccc3o2)no1. The summed E-state index contributed by atoms with van der Waals surface area (Å²) in [6.07, 6.45) is 0. The zero-order valence-corrected chi connectivity index (χ0v) is 9.67. The monoisotopic (exact) mass is 245 g/mol. The number of nitrogens with two attached hydrogens (primary N) is 1. The van der Waals surface area contributed by atoms with Gasteiger partial charge in [-0.1, -0.05) is 11.2 Å². The molecule has 0 saturated carbocycles. The van der Waals surface area contributed by atoms with Crippen LogP contribution >= 0.6 is 0 Å². The van der Waals surface area contributed by atoms with Gasteiger partial charge in [-0.25, -0.2) is 0 Å². The lowest BCUT2D eigenvalue weighted by Crippen LogP contribution is -2.01. The molecule has 0 amide bonds. The number of aryl methyl sites for hydroxylation is 1. The molecule has 0 radical (unpaired) electrons. The fraction of sp³-hybridized carbons (Fsp3) is 0.182. The number of nitrogen functional groups attached to an aromatic ring is 1. The number of nitrogens with zero attached hydrogens (tertiary/aromatic N) is 3. The fourth-order valence-electron chi connectivity index (χ4n) is 1.61. The molecule has 18 heavy (non-hydrogen) atoms. The van der Waals surface area contributed by atoms with Crippen molar-refractivity contribution in [2.75, 3.05) is 11.1 Å². The molecule has 7 nitrogen and oxygen atoms in total. The molecule has 0 aliphatic carbocycles. The summed E-state index contributed by atoms with van der Waals surface area (Å²) >= 11 is 0. The smallest absolute Gasteiger partial charge is 0.296 e. The highest BCUT2D eigenvalue weighted by Crippen LogP contribution is 2.23. The molecule has 0 saturated heterocycles. The van der Waals surface area contributed by atoms with Crippen molar-refractivity contribution in [1.29, 1.82) is 0 Å². The van der Waals surface area contributed by atoms with Crippen LogP contribution in [-0.2, 0) is 6.54 Å². The van der Waals surface area contributed by atoms with Crippen LogP contribution in [0.2, 0.25) is 0 Å². The number of oxazole rings is 1. The minimum atomic E-state index is 0.379. The maximum absolute atomic E-state index is 5.79. The number of aromatic nitrogens is 3. The average Bonchev–Trinajstić information content (AvgIpc) is 2.93. The van der Waals surface area contributed by atoms with Gasteiger partial charge in [-0.05, 0) is 12.1 Å². The maximum atomic E-state index is 5.79. The van der Waals surface area contributed by atoms with Gasteiger partial charge in [0.15, 0.2) is 11.4 Å². The summed E-state index contributed by atoms with van der Waals surface area (Å²) in [4.78, 5) is 8.31. The zero-order valence-electron chi connectivity index (χ0n) is 9.67. The van der Waals surface area contributed by atoms with E-state index in [9.17, 15) is 0 Å². The van der Waals surface area contributed by atoms with Crippen molar-refractivity contribution >= 4 is 22.8 Å². The number of rotatable bonds is 3. The van der Waals surface area contributed by atoms with Gasteiger partial charge in [-0.3, -0.25) is 0 Å². The Kier molecular flexibility index (Phi) is 2.36. The first-order valence-electron chi connectivity index (χ1n) is 5.40. The van der Waals surface area contributed by atoms with Crippen LogP contribution in [0.25, 0.3) is 11.1 Å². The molecule has 0 bridgehead atoms. The van der Waals surface area contributed by atoms with E-state index in [0.29, 0.717) is 41.1 Å². The van der Waals surface area contributed by atoms with Crippen LogP contribution in [0, 0.1) is 6.92 Å². The molecular formula is C11H11N5O2. The predicted molar refractivity (Wildman–Crippen MR) is 64.8 cm³/mol. The molecule has 0 aliphatic heterocycles. The standard InChI is InChI=1S/C11H11N5O2/c1-6-14-9(16-18-6)5-13-11-15-10-7(12)3-2-4-8(10)17-11/h2-4H,5,12H2,1H3,(H,13,15). The van der Waals surface area contributed by atoms with E-state index in [1.165, 1.54) is 0 Å². The lowest BCUT2D eigenvalue weighted by molar-refractivity contribution is 0.388. The van der Waals surface area contributed by atoms with E-state index in [1.807, 2.05) is 12.1 Å². The first-order valence-corrected chi connectivity index (χ1v) is 5.40. The molecule has 92 valence electrons. The van der Waals surface area contributed by atoms with Crippen molar-refractivity contribution in [2.24, 2.45) is 0 Å². The third-order valence-electron chi connectivity index (χ3n) is 2.42. The van der Waals surface area contributed by atoms with E-state index >= 15 is 0 Å². The van der Waals surface area contributed by atoms with Crippen LogP contribution < -0.4 is 11.1 Å². The van der Waals surface area contributed by atoms with Gasteiger partial charge < -0.3 is 20.0 Å². The van der Waals surface area contributed by atoms with Crippen molar-refractivity contribution in [3.05, 3.63) is 29.9 Å². The molecule has 0 aliphatic rings. The molecule has 0 unspecified atom stereocenters. The van der Waals surface area contributed by atoms with Crippen LogP contribution in [-0.4, -0.2) is 15.1 Å². The minimum Gasteiger partial charge on any atom is -0.423 e. The third-order valence-corrected chi connectivity index (χ3v) is 2.42. The number of para-hydroxylation sites is 1. The van der Waals surface area contributed by atoms with Crippen LogP contribution in [0.4, 0.5) is 11.7 Å². The zero-order chi connectivity index (χ0) is 12.5. The highest BCUT2D eigenvalue weighted by molar-refractivity contribution is 5.86. The lowest BCUT2D eigenvalue weighted by atomic mass is 10.3. The first-order chi connectivity index (χ1) is 8.72. The summed E-state index contributed by atoms with van der Waals surface area (Å²) in [5.41, 5.74) is 7.66. The molecule has 2 heterocycles. The van der Waals surface area contributed by atoms with Crippen molar-refractivity contribution in [3.63, 3.8) is 0 Å². The van der Waals surface area contributed by atoms with Gasteiger partial charge in [0.25, 0.3) is 6.01 Å². The topological polar surface area (TPSA) is 103 Å². The third kappa shape index (κ3) is 1.86. The Morgan fingerprint density at radius 1 is 1.33 bits per heavy atom. The molecule has 0 spiro atoms. The lowest BCUT2D eigenvalue weighted by Gasteiger charge is -1.94. The van der Waals surface area contributed by atoms with E-state index in [0.717, 1.165) is 0 Å². The van der Waals surface area contributed by atoms with E-state index in [2.05, 4.69) is 20.4 Å². The Labute approximate surface area is 102 Å². The van der Waals surface area contributed by atoms with Crippen LogP contribution in [0.15, 0.2) is 27.1 Å². The van der Waals surface area contributed by atoms with Crippen LogP contribution in [0.5, 0.6) is 0 Å². The number of hydrogen-bond donors (Lipinski definition) is 2. The van der Waals surface area contributed by atoms with E-state index < -0.39 is 0 Å². The largest absolute Gasteiger partial charge is 0.423 e. The second kappa shape index (κ2) is 4.02. The summed E-state index contributed by atoms with van der Waals surface area (Å²) in [6.45, 7) is 2.11. The molecule has 1 aromatic carbocycles. The fourth-order valence-corrected chi connectivity index (χ4v) is 1.61. The Morgan fingerprint density at radius 3 is 2.94 bits per heavy atom. The Balaban J connectivity index is 1.81. The van der Waals surface area contributed by atoms with Crippen molar-refractivity contribution in [3.8, 4) is 0 Å². The van der Waals surface area contributed by atoms with Gasteiger partial charge in [0.2, 0.25) is 5.89 Å². The minimum absolute atomic E-state index is 0.379. The summed E-state index contributed by atoms with van der Waals surface area (Å²) in [6, 6.07) is 5.78. The molecule has 3 N–H and O–H groups in total. The van der Waals surface area contributed by atoms with Crippen molar-refractivity contribution < 1.29 is 8.94 Å². The van der Waals surface area contributed by atoms with Gasteiger partial charge in [-0.2, -0.15) is 9.97 Å². The number of fused-ring (bicyclic) bond motifs is 1. The molecule has 3 aromatic rings. The second-order valence-electron chi connectivity index (χ2n) is 3.80. The summed E-state index contributed by atoms with van der Waals surface area (Å²) in [7, 11) is 0.